The molecule has 1 amide bonds. The van der Waals surface area contributed by atoms with Crippen molar-refractivity contribution in [1.82, 2.24) is 19.5 Å². The first-order chi connectivity index (χ1) is 14.1. The van der Waals surface area contributed by atoms with Crippen LogP contribution in [0.5, 0.6) is 0 Å². The molecule has 3 rings (SSSR count). The van der Waals surface area contributed by atoms with Gasteiger partial charge in [0, 0.05) is 10.5 Å². The van der Waals surface area contributed by atoms with Gasteiger partial charge in [0.25, 0.3) is 5.91 Å². The van der Waals surface area contributed by atoms with Crippen LogP contribution in [0.4, 0.5) is 10.3 Å². The van der Waals surface area contributed by atoms with Crippen molar-refractivity contribution in [3.05, 3.63) is 70.2 Å². The van der Waals surface area contributed by atoms with Crippen LogP contribution in [0, 0.1) is 5.82 Å². The van der Waals surface area contributed by atoms with Gasteiger partial charge < -0.3 is 0 Å². The minimum Gasteiger partial charge on any atom is -0.289 e. The highest BCUT2D eigenvalue weighted by Crippen LogP contribution is 2.17. The van der Waals surface area contributed by atoms with E-state index in [0.29, 0.717) is 6.54 Å². The first-order valence-electron chi connectivity index (χ1n) is 8.91. The average molecular weight is 496 g/mol. The van der Waals surface area contributed by atoms with Gasteiger partial charge in [-0.05, 0) is 49.7 Å². The Morgan fingerprint density at radius 1 is 1.20 bits per heavy atom. The second-order valence-electron chi connectivity index (χ2n) is 6.76. The van der Waals surface area contributed by atoms with Crippen LogP contribution >= 0.6 is 15.9 Å². The number of rotatable bonds is 7. The Balaban J connectivity index is 1.75. The number of nitrogens with zero attached hydrogens (tertiary/aromatic N) is 3. The molecule has 1 aromatic heterocycles. The van der Waals surface area contributed by atoms with Gasteiger partial charge in [-0.15, -0.1) is 5.10 Å². The lowest BCUT2D eigenvalue weighted by Crippen LogP contribution is -2.30. The van der Waals surface area contributed by atoms with Crippen molar-refractivity contribution < 1.29 is 17.6 Å². The molecular weight excluding hydrogens is 477 g/mol. The van der Waals surface area contributed by atoms with Crippen LogP contribution in [-0.2, 0) is 16.6 Å². The van der Waals surface area contributed by atoms with Gasteiger partial charge in [0.1, 0.15) is 12.1 Å². The van der Waals surface area contributed by atoms with Gasteiger partial charge >= 0.3 is 0 Å². The van der Waals surface area contributed by atoms with Crippen LogP contribution in [0.25, 0.3) is 0 Å². The quantitative estimate of drug-likeness (QED) is 0.523. The van der Waals surface area contributed by atoms with Crippen LogP contribution in [0.2, 0.25) is 0 Å². The summed E-state index contributed by atoms with van der Waals surface area (Å²) in [5.41, 5.74) is 0.550. The Labute approximate surface area is 181 Å². The predicted molar refractivity (Wildman–Crippen MR) is 113 cm³/mol. The number of carbonyl (C=O) groups excluding carboxylic acids is 1. The van der Waals surface area contributed by atoms with Crippen molar-refractivity contribution in [3.63, 3.8) is 0 Å². The fraction of sp³-hybridized carbons (Fsp3) is 0.211. The van der Waals surface area contributed by atoms with Gasteiger partial charge in [-0.3, -0.25) is 10.1 Å². The number of sulfonamides is 1. The zero-order valence-electron chi connectivity index (χ0n) is 16.1. The maximum absolute atomic E-state index is 14.2. The highest BCUT2D eigenvalue weighted by molar-refractivity contribution is 9.10. The lowest BCUT2D eigenvalue weighted by atomic mass is 10.2. The Morgan fingerprint density at radius 2 is 1.90 bits per heavy atom. The molecule has 3 aromatic rings. The van der Waals surface area contributed by atoms with E-state index in [1.807, 2.05) is 24.3 Å². The lowest BCUT2D eigenvalue weighted by molar-refractivity contribution is 0.102. The van der Waals surface area contributed by atoms with Gasteiger partial charge in [-0.1, -0.05) is 28.1 Å². The summed E-state index contributed by atoms with van der Waals surface area (Å²) in [7, 11) is -3.87. The zero-order chi connectivity index (χ0) is 21.9. The molecule has 0 aliphatic heterocycles. The number of nitrogens with one attached hydrogen (secondary N) is 2. The number of anilines is 1. The molecule has 8 nitrogen and oxygen atoms in total. The number of halogens is 2. The van der Waals surface area contributed by atoms with E-state index in [4.69, 9.17) is 0 Å². The predicted octanol–water partition coefficient (Wildman–Crippen LogP) is 3.17. The van der Waals surface area contributed by atoms with E-state index in [0.717, 1.165) is 28.2 Å². The van der Waals surface area contributed by atoms with E-state index in [1.54, 1.807) is 13.8 Å². The largest absolute Gasteiger partial charge is 0.289 e. The Bertz CT molecular complexity index is 1160. The first-order valence-corrected chi connectivity index (χ1v) is 11.2. The van der Waals surface area contributed by atoms with Crippen LogP contribution in [0.15, 0.2) is 58.2 Å². The topological polar surface area (TPSA) is 106 Å². The van der Waals surface area contributed by atoms with E-state index in [1.165, 1.54) is 11.0 Å². The minimum atomic E-state index is -3.87. The zero-order valence-corrected chi connectivity index (χ0v) is 18.5. The van der Waals surface area contributed by atoms with Crippen LogP contribution in [0.3, 0.4) is 0 Å². The molecule has 1 heterocycles. The fourth-order valence-electron chi connectivity index (χ4n) is 2.60. The molecule has 0 bridgehead atoms. The standard InChI is InChI=1S/C19H19BrFN5O3S/c1-12(2)25-30(28,29)15-7-8-17(21)16(9-15)18(27)23-19-22-11-26(24-19)10-13-3-5-14(20)6-4-13/h3-9,11-12,25H,10H2,1-2H3,(H,23,24,27). The van der Waals surface area contributed by atoms with E-state index in [-0.39, 0.29) is 16.9 Å². The second kappa shape index (κ2) is 9.02. The van der Waals surface area contributed by atoms with E-state index >= 15 is 0 Å². The monoisotopic (exact) mass is 495 g/mol. The maximum Gasteiger partial charge on any atom is 0.261 e. The van der Waals surface area contributed by atoms with Crippen molar-refractivity contribution in [2.75, 3.05) is 5.32 Å². The SMILES string of the molecule is CC(C)NS(=O)(=O)c1ccc(F)c(C(=O)Nc2ncn(Cc3ccc(Br)cc3)n2)c1. The van der Waals surface area contributed by atoms with Crippen molar-refractivity contribution in [2.24, 2.45) is 0 Å². The van der Waals surface area contributed by atoms with Crippen molar-refractivity contribution in [1.29, 1.82) is 0 Å². The molecule has 158 valence electrons. The summed E-state index contributed by atoms with van der Waals surface area (Å²) in [5, 5.41) is 6.53. The van der Waals surface area contributed by atoms with Crippen LogP contribution in [0.1, 0.15) is 29.8 Å². The van der Waals surface area contributed by atoms with Crippen LogP contribution < -0.4 is 10.0 Å². The molecule has 0 unspecified atom stereocenters. The second-order valence-corrected chi connectivity index (χ2v) is 9.39. The summed E-state index contributed by atoms with van der Waals surface area (Å²) in [6.45, 7) is 3.75. The highest BCUT2D eigenvalue weighted by atomic mass is 79.9. The third-order valence-corrected chi connectivity index (χ3v) is 6.09. The molecule has 2 aromatic carbocycles. The maximum atomic E-state index is 14.2. The number of hydrogen-bond acceptors (Lipinski definition) is 5. The average Bonchev–Trinajstić information content (AvgIpc) is 3.09. The van der Waals surface area contributed by atoms with Crippen LogP contribution in [-0.4, -0.2) is 35.1 Å². The molecule has 0 aliphatic carbocycles. The number of aromatic nitrogens is 3. The van der Waals surface area contributed by atoms with E-state index in [2.05, 4.69) is 36.1 Å². The highest BCUT2D eigenvalue weighted by Gasteiger charge is 2.21. The molecular formula is C19H19BrFN5O3S. The lowest BCUT2D eigenvalue weighted by Gasteiger charge is -2.11. The molecule has 0 saturated carbocycles. The van der Waals surface area contributed by atoms with Gasteiger partial charge in [-0.25, -0.2) is 27.2 Å². The summed E-state index contributed by atoms with van der Waals surface area (Å²) >= 11 is 3.36. The molecule has 30 heavy (non-hydrogen) atoms. The third-order valence-electron chi connectivity index (χ3n) is 3.90. The first kappa shape index (κ1) is 22.1. The molecule has 0 fully saturated rings. The number of amides is 1. The van der Waals surface area contributed by atoms with Crippen molar-refractivity contribution in [2.45, 2.75) is 31.3 Å². The third kappa shape index (κ3) is 5.49. The normalized spacial score (nSPS) is 11.6. The fourth-order valence-corrected chi connectivity index (χ4v) is 4.14. The molecule has 0 radical (unpaired) electrons. The van der Waals surface area contributed by atoms with Gasteiger partial charge in [0.2, 0.25) is 16.0 Å². The minimum absolute atomic E-state index is 0.0231. The summed E-state index contributed by atoms with van der Waals surface area (Å²) in [6, 6.07) is 10.3. The Kier molecular flexibility index (Phi) is 6.64. The Hall–Kier alpha value is -2.63. The smallest absolute Gasteiger partial charge is 0.261 e. The molecule has 0 aliphatic rings. The van der Waals surface area contributed by atoms with Gasteiger partial charge in [0.05, 0.1) is 17.0 Å². The number of carbonyl (C=O) groups is 1. The van der Waals surface area contributed by atoms with Crippen molar-refractivity contribution >= 4 is 37.8 Å². The van der Waals surface area contributed by atoms with Crippen molar-refractivity contribution in [3.8, 4) is 0 Å². The summed E-state index contributed by atoms with van der Waals surface area (Å²) in [4.78, 5) is 16.3. The number of hydrogen-bond donors (Lipinski definition) is 2. The summed E-state index contributed by atoms with van der Waals surface area (Å²) in [5.74, 6) is -1.73. The number of benzene rings is 2. The summed E-state index contributed by atoms with van der Waals surface area (Å²) in [6.07, 6.45) is 1.43. The molecule has 11 heteroatoms. The molecule has 0 spiro atoms. The van der Waals surface area contributed by atoms with Gasteiger partial charge in [0.15, 0.2) is 0 Å². The van der Waals surface area contributed by atoms with Gasteiger partial charge in [-0.2, -0.15) is 0 Å². The molecule has 2 N–H and O–H groups in total. The molecule has 0 saturated heterocycles. The summed E-state index contributed by atoms with van der Waals surface area (Å²) < 4.78 is 43.6. The molecule has 0 atom stereocenters. The Morgan fingerprint density at radius 3 is 2.57 bits per heavy atom. The van der Waals surface area contributed by atoms with E-state index < -0.39 is 27.3 Å². The van der Waals surface area contributed by atoms with E-state index in [9.17, 15) is 17.6 Å².